The second kappa shape index (κ2) is 5.74. The number of aromatic nitrogens is 4. The third-order valence-corrected chi connectivity index (χ3v) is 4.37. The van der Waals surface area contributed by atoms with Gasteiger partial charge in [0.25, 0.3) is 0 Å². The Morgan fingerprint density at radius 2 is 1.95 bits per heavy atom. The Morgan fingerprint density at radius 1 is 1.20 bits per heavy atom. The van der Waals surface area contributed by atoms with Gasteiger partial charge in [0.15, 0.2) is 5.65 Å². The van der Waals surface area contributed by atoms with Gasteiger partial charge in [0.1, 0.15) is 11.3 Å². The standard InChI is InChI=1S/C14H22ClN5/c1-3-20-14-13(11(2)17-20)16-12(10-15)19(14)9-8-18-6-4-5-7-18/h3-10H2,1-2H3. The van der Waals surface area contributed by atoms with E-state index in [1.54, 1.807) is 0 Å². The zero-order valence-corrected chi connectivity index (χ0v) is 13.0. The molecule has 0 amide bonds. The lowest BCUT2D eigenvalue weighted by atomic mass is 10.4. The molecule has 2 aromatic heterocycles. The summed E-state index contributed by atoms with van der Waals surface area (Å²) in [6, 6.07) is 0. The normalized spacial score (nSPS) is 16.6. The highest BCUT2D eigenvalue weighted by atomic mass is 35.5. The fourth-order valence-electron chi connectivity index (χ4n) is 3.07. The highest BCUT2D eigenvalue weighted by molar-refractivity contribution is 6.16. The number of aryl methyl sites for hydroxylation is 2. The van der Waals surface area contributed by atoms with Gasteiger partial charge in [0.05, 0.1) is 11.6 Å². The van der Waals surface area contributed by atoms with Crippen molar-refractivity contribution >= 4 is 22.8 Å². The number of halogens is 1. The maximum atomic E-state index is 6.08. The molecule has 0 bridgehead atoms. The maximum Gasteiger partial charge on any atom is 0.158 e. The van der Waals surface area contributed by atoms with Crippen LogP contribution in [0.3, 0.4) is 0 Å². The zero-order valence-electron chi connectivity index (χ0n) is 12.3. The van der Waals surface area contributed by atoms with Gasteiger partial charge in [-0.15, -0.1) is 11.6 Å². The van der Waals surface area contributed by atoms with Crippen LogP contribution in [0, 0.1) is 6.92 Å². The Kier molecular flexibility index (Phi) is 3.98. The van der Waals surface area contributed by atoms with E-state index in [1.807, 2.05) is 11.6 Å². The maximum absolute atomic E-state index is 6.08. The summed E-state index contributed by atoms with van der Waals surface area (Å²) in [5, 5.41) is 4.56. The number of likely N-dealkylation sites (tertiary alicyclic amines) is 1. The molecule has 110 valence electrons. The quantitative estimate of drug-likeness (QED) is 0.795. The van der Waals surface area contributed by atoms with Crippen molar-refractivity contribution in [1.29, 1.82) is 0 Å². The smallest absolute Gasteiger partial charge is 0.158 e. The Hall–Kier alpha value is -1.07. The minimum absolute atomic E-state index is 0.456. The summed E-state index contributed by atoms with van der Waals surface area (Å²) in [5.41, 5.74) is 3.12. The second-order valence-electron chi connectivity index (χ2n) is 5.44. The Bertz CT molecular complexity index is 594. The van der Waals surface area contributed by atoms with E-state index in [1.165, 1.54) is 25.9 Å². The van der Waals surface area contributed by atoms with Gasteiger partial charge in [-0.05, 0) is 39.8 Å². The fraction of sp³-hybridized carbons (Fsp3) is 0.714. The van der Waals surface area contributed by atoms with Crippen molar-refractivity contribution < 1.29 is 0 Å². The molecular weight excluding hydrogens is 274 g/mol. The molecule has 0 N–H and O–H groups in total. The predicted octanol–water partition coefficient (Wildman–Crippen LogP) is 2.40. The Balaban J connectivity index is 1.93. The molecule has 1 aliphatic rings. The number of hydrogen-bond donors (Lipinski definition) is 0. The van der Waals surface area contributed by atoms with Gasteiger partial charge >= 0.3 is 0 Å². The van der Waals surface area contributed by atoms with E-state index >= 15 is 0 Å². The molecule has 0 unspecified atom stereocenters. The van der Waals surface area contributed by atoms with E-state index in [4.69, 9.17) is 11.6 Å². The summed E-state index contributed by atoms with van der Waals surface area (Å²) in [4.78, 5) is 7.19. The molecule has 6 heteroatoms. The van der Waals surface area contributed by atoms with Gasteiger partial charge in [-0.25, -0.2) is 9.67 Å². The van der Waals surface area contributed by atoms with E-state index in [0.717, 1.165) is 42.3 Å². The predicted molar refractivity (Wildman–Crippen MR) is 81.2 cm³/mol. The molecule has 5 nitrogen and oxygen atoms in total. The molecule has 1 aliphatic heterocycles. The number of alkyl halides is 1. The molecule has 0 aliphatic carbocycles. The molecule has 2 aromatic rings. The lowest BCUT2D eigenvalue weighted by Crippen LogP contribution is -2.25. The van der Waals surface area contributed by atoms with Crippen molar-refractivity contribution in [3.63, 3.8) is 0 Å². The molecule has 1 saturated heterocycles. The van der Waals surface area contributed by atoms with E-state index < -0.39 is 0 Å². The third-order valence-electron chi connectivity index (χ3n) is 4.14. The van der Waals surface area contributed by atoms with Gasteiger partial charge in [0.2, 0.25) is 0 Å². The lowest BCUT2D eigenvalue weighted by Gasteiger charge is -2.16. The summed E-state index contributed by atoms with van der Waals surface area (Å²) in [7, 11) is 0. The van der Waals surface area contributed by atoms with Crippen LogP contribution in [0.4, 0.5) is 0 Å². The van der Waals surface area contributed by atoms with E-state index in [9.17, 15) is 0 Å². The summed E-state index contributed by atoms with van der Waals surface area (Å²) in [6.45, 7) is 9.46. The van der Waals surface area contributed by atoms with E-state index in [2.05, 4.69) is 26.5 Å². The van der Waals surface area contributed by atoms with Gasteiger partial charge in [-0.3, -0.25) is 0 Å². The number of imidazole rings is 1. The van der Waals surface area contributed by atoms with Crippen molar-refractivity contribution in [3.8, 4) is 0 Å². The Morgan fingerprint density at radius 3 is 2.60 bits per heavy atom. The largest absolute Gasteiger partial charge is 0.311 e. The SMILES string of the molecule is CCn1nc(C)c2nc(CCl)n(CCN3CCCC3)c21. The van der Waals surface area contributed by atoms with Crippen molar-refractivity contribution in [2.75, 3.05) is 19.6 Å². The first-order valence-corrected chi connectivity index (χ1v) is 7.99. The molecule has 0 spiro atoms. The van der Waals surface area contributed by atoms with E-state index in [0.29, 0.717) is 5.88 Å². The molecule has 1 fully saturated rings. The van der Waals surface area contributed by atoms with Crippen LogP contribution in [0.2, 0.25) is 0 Å². The minimum atomic E-state index is 0.456. The molecule has 0 saturated carbocycles. The summed E-state index contributed by atoms with van der Waals surface area (Å²) in [6.07, 6.45) is 2.65. The highest BCUT2D eigenvalue weighted by Gasteiger charge is 2.19. The highest BCUT2D eigenvalue weighted by Crippen LogP contribution is 2.21. The number of rotatable bonds is 5. The Labute approximate surface area is 124 Å². The molecule has 0 atom stereocenters. The van der Waals surface area contributed by atoms with Crippen molar-refractivity contribution in [2.24, 2.45) is 0 Å². The molecule has 3 rings (SSSR count). The van der Waals surface area contributed by atoms with Crippen LogP contribution < -0.4 is 0 Å². The number of fused-ring (bicyclic) bond motifs is 1. The van der Waals surface area contributed by atoms with Gasteiger partial charge in [-0.1, -0.05) is 0 Å². The third kappa shape index (κ3) is 2.33. The van der Waals surface area contributed by atoms with Crippen molar-refractivity contribution in [2.45, 2.75) is 45.7 Å². The first-order valence-electron chi connectivity index (χ1n) is 7.45. The lowest BCUT2D eigenvalue weighted by molar-refractivity contribution is 0.322. The summed E-state index contributed by atoms with van der Waals surface area (Å²) in [5.74, 6) is 1.42. The number of nitrogens with zero attached hydrogens (tertiary/aromatic N) is 5. The summed E-state index contributed by atoms with van der Waals surface area (Å²) >= 11 is 6.08. The van der Waals surface area contributed by atoms with Crippen LogP contribution in [-0.4, -0.2) is 43.9 Å². The molecular formula is C14H22ClN5. The van der Waals surface area contributed by atoms with Crippen LogP contribution in [0.25, 0.3) is 11.2 Å². The van der Waals surface area contributed by atoms with Crippen LogP contribution in [0.5, 0.6) is 0 Å². The molecule has 0 aromatic carbocycles. The molecule has 20 heavy (non-hydrogen) atoms. The fourth-order valence-corrected chi connectivity index (χ4v) is 3.28. The first kappa shape index (κ1) is 13.9. The van der Waals surface area contributed by atoms with Gasteiger partial charge < -0.3 is 9.47 Å². The second-order valence-corrected chi connectivity index (χ2v) is 5.70. The first-order chi connectivity index (χ1) is 9.74. The van der Waals surface area contributed by atoms with Crippen LogP contribution in [0.15, 0.2) is 0 Å². The average Bonchev–Trinajstić information content (AvgIpc) is 3.14. The molecule has 0 radical (unpaired) electrons. The molecule has 3 heterocycles. The van der Waals surface area contributed by atoms with Crippen molar-refractivity contribution in [1.82, 2.24) is 24.2 Å². The minimum Gasteiger partial charge on any atom is -0.311 e. The van der Waals surface area contributed by atoms with Gasteiger partial charge in [-0.2, -0.15) is 5.10 Å². The average molecular weight is 296 g/mol. The van der Waals surface area contributed by atoms with Crippen LogP contribution >= 0.6 is 11.6 Å². The number of hydrogen-bond acceptors (Lipinski definition) is 3. The summed E-state index contributed by atoms with van der Waals surface area (Å²) < 4.78 is 4.29. The van der Waals surface area contributed by atoms with Crippen LogP contribution in [0.1, 0.15) is 31.3 Å². The monoisotopic (exact) mass is 295 g/mol. The van der Waals surface area contributed by atoms with Gasteiger partial charge in [0, 0.05) is 19.6 Å². The van der Waals surface area contributed by atoms with E-state index in [-0.39, 0.29) is 0 Å². The zero-order chi connectivity index (χ0) is 14.1. The van der Waals surface area contributed by atoms with Crippen LogP contribution in [-0.2, 0) is 19.0 Å². The van der Waals surface area contributed by atoms with Crippen molar-refractivity contribution in [3.05, 3.63) is 11.5 Å². The topological polar surface area (TPSA) is 38.9 Å².